The van der Waals surface area contributed by atoms with Crippen LogP contribution in [0.2, 0.25) is 0 Å². The van der Waals surface area contributed by atoms with E-state index in [0.29, 0.717) is 17.9 Å². The summed E-state index contributed by atoms with van der Waals surface area (Å²) in [5.41, 5.74) is 1.37. The van der Waals surface area contributed by atoms with Crippen LogP contribution in [0.25, 0.3) is 0 Å². The van der Waals surface area contributed by atoms with Crippen molar-refractivity contribution >= 4 is 11.3 Å². The number of aliphatic hydroxyl groups excluding tert-OH is 1. The first kappa shape index (κ1) is 24.9. The average Bonchev–Trinajstić information content (AvgIpc) is 3.34. The number of thiophene rings is 1. The lowest BCUT2D eigenvalue weighted by Gasteiger charge is -2.34. The summed E-state index contributed by atoms with van der Waals surface area (Å²) in [5.74, 6) is 0.559. The Balaban J connectivity index is 1.87. The Hall–Kier alpha value is -1.76. The van der Waals surface area contributed by atoms with Crippen molar-refractivity contribution in [2.75, 3.05) is 13.2 Å². The Morgan fingerprint density at radius 1 is 1.19 bits per heavy atom. The molecule has 2 N–H and O–H groups in total. The molecule has 178 valence electrons. The number of phenols is 1. The fraction of sp³-hybridized carbons (Fsp3) is 0.615. The van der Waals surface area contributed by atoms with Crippen LogP contribution in [0.3, 0.4) is 0 Å². The van der Waals surface area contributed by atoms with Gasteiger partial charge in [0.1, 0.15) is 13.2 Å². The standard InChI is InChI=1S/C26H38O5S/c1-24(2,3)16-25(4,5)19-12-18(15-29-22-8-7-11-32-22)23(28)21(13-19)30-17-26(6)10-9-20(14-27)31-26/h7-8,11-13,20,27-28H,9-10,14-17H2,1-6H3. The summed E-state index contributed by atoms with van der Waals surface area (Å²) in [4.78, 5) is 0. The Morgan fingerprint density at radius 3 is 2.53 bits per heavy atom. The van der Waals surface area contributed by atoms with Crippen LogP contribution >= 0.6 is 11.3 Å². The van der Waals surface area contributed by atoms with Gasteiger partial charge in [-0.05, 0) is 72.2 Å². The van der Waals surface area contributed by atoms with E-state index in [1.807, 2.05) is 36.6 Å². The van der Waals surface area contributed by atoms with Gasteiger partial charge < -0.3 is 24.4 Å². The van der Waals surface area contributed by atoms with Crippen molar-refractivity contribution < 1.29 is 24.4 Å². The van der Waals surface area contributed by atoms with Crippen molar-refractivity contribution in [3.8, 4) is 16.6 Å². The van der Waals surface area contributed by atoms with Crippen molar-refractivity contribution in [1.82, 2.24) is 0 Å². The number of rotatable bonds is 9. The van der Waals surface area contributed by atoms with Crippen LogP contribution in [0, 0.1) is 5.41 Å². The second-order valence-electron chi connectivity index (χ2n) is 11.0. The molecule has 1 aliphatic heterocycles. The molecule has 0 bridgehead atoms. The van der Waals surface area contributed by atoms with Gasteiger partial charge in [-0.3, -0.25) is 0 Å². The van der Waals surface area contributed by atoms with E-state index >= 15 is 0 Å². The van der Waals surface area contributed by atoms with Crippen LogP contribution < -0.4 is 9.47 Å². The zero-order valence-corrected chi connectivity index (χ0v) is 21.1. The van der Waals surface area contributed by atoms with E-state index < -0.39 is 5.60 Å². The molecule has 0 saturated carbocycles. The molecule has 0 amide bonds. The van der Waals surface area contributed by atoms with E-state index in [2.05, 4.69) is 34.6 Å². The molecule has 5 nitrogen and oxygen atoms in total. The molecule has 1 fully saturated rings. The smallest absolute Gasteiger partial charge is 0.174 e. The summed E-state index contributed by atoms with van der Waals surface area (Å²) < 4.78 is 18.0. The maximum atomic E-state index is 11.0. The van der Waals surface area contributed by atoms with Gasteiger partial charge >= 0.3 is 0 Å². The van der Waals surface area contributed by atoms with Gasteiger partial charge in [-0.1, -0.05) is 34.6 Å². The van der Waals surface area contributed by atoms with Crippen LogP contribution in [0.15, 0.2) is 29.6 Å². The third-order valence-corrected chi connectivity index (χ3v) is 6.74. The van der Waals surface area contributed by atoms with E-state index in [-0.39, 0.29) is 35.9 Å². The minimum absolute atomic E-state index is 0.0154. The van der Waals surface area contributed by atoms with Crippen LogP contribution in [-0.2, 0) is 16.8 Å². The quantitative estimate of drug-likeness (QED) is 0.474. The lowest BCUT2D eigenvalue weighted by atomic mass is 9.72. The van der Waals surface area contributed by atoms with Crippen molar-refractivity contribution in [3.05, 3.63) is 40.8 Å². The van der Waals surface area contributed by atoms with Crippen molar-refractivity contribution in [2.45, 2.75) is 84.5 Å². The van der Waals surface area contributed by atoms with E-state index in [0.717, 1.165) is 29.9 Å². The molecule has 0 spiro atoms. The molecule has 0 aliphatic carbocycles. The third kappa shape index (κ3) is 6.40. The van der Waals surface area contributed by atoms with Gasteiger partial charge in [0.25, 0.3) is 0 Å². The van der Waals surface area contributed by atoms with Gasteiger partial charge in [0, 0.05) is 5.56 Å². The number of benzene rings is 1. The first-order valence-electron chi connectivity index (χ1n) is 11.3. The highest BCUT2D eigenvalue weighted by atomic mass is 32.1. The number of hydrogen-bond acceptors (Lipinski definition) is 6. The average molecular weight is 463 g/mol. The Morgan fingerprint density at radius 2 is 1.94 bits per heavy atom. The van der Waals surface area contributed by atoms with E-state index in [1.54, 1.807) is 0 Å². The minimum Gasteiger partial charge on any atom is -0.504 e. The predicted molar refractivity (Wildman–Crippen MR) is 129 cm³/mol. The summed E-state index contributed by atoms with van der Waals surface area (Å²) in [6.45, 7) is 13.8. The van der Waals surface area contributed by atoms with Crippen LogP contribution in [0.4, 0.5) is 0 Å². The normalized spacial score (nSPS) is 21.7. The van der Waals surface area contributed by atoms with Gasteiger partial charge in [0.05, 0.1) is 18.3 Å². The molecule has 2 atom stereocenters. The second kappa shape index (κ2) is 9.62. The molecule has 0 radical (unpaired) electrons. The lowest BCUT2D eigenvalue weighted by Crippen LogP contribution is -2.33. The maximum absolute atomic E-state index is 11.0. The molecule has 1 aromatic heterocycles. The molecule has 1 aromatic carbocycles. The second-order valence-corrected chi connectivity index (χ2v) is 11.9. The van der Waals surface area contributed by atoms with Gasteiger partial charge in [-0.25, -0.2) is 0 Å². The molecule has 2 unspecified atom stereocenters. The highest BCUT2D eigenvalue weighted by Gasteiger charge is 2.37. The van der Waals surface area contributed by atoms with Crippen molar-refractivity contribution in [1.29, 1.82) is 0 Å². The van der Waals surface area contributed by atoms with E-state index in [1.165, 1.54) is 11.3 Å². The monoisotopic (exact) mass is 462 g/mol. The van der Waals surface area contributed by atoms with Gasteiger partial charge in [0.2, 0.25) is 0 Å². The Bertz CT molecular complexity index is 884. The number of hydrogen-bond donors (Lipinski definition) is 2. The Labute approximate surface area is 196 Å². The van der Waals surface area contributed by atoms with Gasteiger partial charge in [0.15, 0.2) is 16.6 Å². The fourth-order valence-electron chi connectivity index (χ4n) is 4.65. The highest BCUT2D eigenvalue weighted by molar-refractivity contribution is 7.11. The van der Waals surface area contributed by atoms with Crippen molar-refractivity contribution in [3.63, 3.8) is 0 Å². The first-order chi connectivity index (χ1) is 14.9. The van der Waals surface area contributed by atoms with Crippen LogP contribution in [0.1, 0.15) is 71.9 Å². The molecule has 2 heterocycles. The molecule has 1 aliphatic rings. The fourth-order valence-corrected chi connectivity index (χ4v) is 5.23. The zero-order chi connectivity index (χ0) is 23.6. The summed E-state index contributed by atoms with van der Waals surface area (Å²) in [5, 5.41) is 23.2. The molecule has 3 rings (SSSR count). The zero-order valence-electron chi connectivity index (χ0n) is 20.2. The lowest BCUT2D eigenvalue weighted by molar-refractivity contribution is -0.0696. The van der Waals surface area contributed by atoms with Crippen LogP contribution in [-0.4, -0.2) is 35.1 Å². The number of aliphatic hydroxyl groups is 1. The summed E-state index contributed by atoms with van der Waals surface area (Å²) in [6, 6.07) is 7.86. The topological polar surface area (TPSA) is 68.2 Å². The highest BCUT2D eigenvalue weighted by Crippen LogP contribution is 2.42. The summed E-state index contributed by atoms with van der Waals surface area (Å²) in [6.07, 6.45) is 2.45. The maximum Gasteiger partial charge on any atom is 0.174 e. The van der Waals surface area contributed by atoms with Crippen molar-refractivity contribution in [2.24, 2.45) is 5.41 Å². The van der Waals surface area contributed by atoms with E-state index in [4.69, 9.17) is 14.2 Å². The molecule has 32 heavy (non-hydrogen) atoms. The minimum atomic E-state index is -0.482. The number of ether oxygens (including phenoxy) is 3. The summed E-state index contributed by atoms with van der Waals surface area (Å²) >= 11 is 1.53. The molecular weight excluding hydrogens is 424 g/mol. The summed E-state index contributed by atoms with van der Waals surface area (Å²) in [7, 11) is 0. The molecule has 6 heteroatoms. The van der Waals surface area contributed by atoms with Gasteiger partial charge in [-0.15, -0.1) is 11.3 Å². The third-order valence-electron chi connectivity index (χ3n) is 5.96. The predicted octanol–water partition coefficient (Wildman–Crippen LogP) is 6.06. The van der Waals surface area contributed by atoms with E-state index in [9.17, 15) is 10.2 Å². The van der Waals surface area contributed by atoms with Gasteiger partial charge in [-0.2, -0.15) is 0 Å². The number of aromatic hydroxyl groups is 1. The Kier molecular flexibility index (Phi) is 7.48. The van der Waals surface area contributed by atoms with Crippen LogP contribution in [0.5, 0.6) is 16.6 Å². The largest absolute Gasteiger partial charge is 0.504 e. The number of phenolic OH excluding ortho intramolecular Hbond substituents is 1. The molecular formula is C26H38O5S. The molecule has 1 saturated heterocycles. The molecule has 2 aromatic rings. The SMILES string of the molecule is CC(C)(C)CC(C)(C)c1cc(COc2cccs2)c(O)c(OCC2(C)CCC(CO)O2)c1. The first-order valence-corrected chi connectivity index (χ1v) is 12.2.